The van der Waals surface area contributed by atoms with Crippen molar-refractivity contribution in [3.05, 3.63) is 84.0 Å². The first-order valence-electron chi connectivity index (χ1n) is 7.57. The number of aryl methyl sites for hydroxylation is 2. The number of hydrogen-bond acceptors (Lipinski definition) is 6. The molecule has 0 aliphatic carbocycles. The molecule has 25 heavy (non-hydrogen) atoms. The molecule has 0 saturated carbocycles. The molecule has 0 fully saturated rings. The number of benzene rings is 2. The first-order chi connectivity index (χ1) is 12.0. The Morgan fingerprint density at radius 3 is 1.52 bits per heavy atom. The Bertz CT molecular complexity index is 679. The van der Waals surface area contributed by atoms with Crippen LogP contribution in [0, 0.1) is 27.1 Å². The molecule has 0 amide bonds. The van der Waals surface area contributed by atoms with E-state index >= 15 is 0 Å². The molecule has 6 heteroatoms. The lowest BCUT2D eigenvalue weighted by atomic mass is 10.1. The Balaban J connectivity index is 1.86. The fraction of sp³-hybridized carbons (Fsp3) is 0.158. The van der Waals surface area contributed by atoms with Crippen LogP contribution in [-0.2, 0) is 19.6 Å². The summed E-state index contributed by atoms with van der Waals surface area (Å²) in [6.45, 7) is 7.09. The third kappa shape index (κ3) is 5.14. The van der Waals surface area contributed by atoms with Crippen LogP contribution in [0.15, 0.2) is 48.5 Å². The van der Waals surface area contributed by atoms with Crippen molar-refractivity contribution in [2.24, 2.45) is 0 Å². The van der Waals surface area contributed by atoms with E-state index in [0.717, 1.165) is 11.1 Å². The fourth-order valence-corrected chi connectivity index (χ4v) is 1.96. The van der Waals surface area contributed by atoms with Gasteiger partial charge >= 0.3 is 18.2 Å². The minimum absolute atomic E-state index is 0.0257. The summed E-state index contributed by atoms with van der Waals surface area (Å²) in [5.74, 6) is -1.39. The molecule has 0 aromatic heterocycles. The van der Waals surface area contributed by atoms with Crippen LogP contribution in [0.1, 0.15) is 38.3 Å². The Morgan fingerprint density at radius 2 is 1.16 bits per heavy atom. The molecule has 2 rings (SSSR count). The van der Waals surface area contributed by atoms with E-state index in [0.29, 0.717) is 11.1 Å². The van der Waals surface area contributed by atoms with Crippen molar-refractivity contribution in [3.63, 3.8) is 0 Å². The second kappa shape index (κ2) is 8.96. The summed E-state index contributed by atoms with van der Waals surface area (Å²) in [5, 5.41) is 0. The fourth-order valence-electron chi connectivity index (χ4n) is 1.96. The summed E-state index contributed by atoms with van der Waals surface area (Å²) >= 11 is 0. The maximum atomic E-state index is 11.9. The molecule has 0 aliphatic heterocycles. The molecule has 0 atom stereocenters. The monoisotopic (exact) mass is 342 g/mol. The molecule has 130 valence electrons. The SMILES string of the molecule is [CH2]C[C](OOC(=O)c1ccccc1C)OOC(=O)c1ccccc1C. The van der Waals surface area contributed by atoms with Gasteiger partial charge in [-0.1, -0.05) is 36.4 Å². The molecule has 2 radical (unpaired) electrons. The quantitative estimate of drug-likeness (QED) is 0.561. The topological polar surface area (TPSA) is 71.1 Å². The molecule has 0 aliphatic rings. The first-order valence-corrected chi connectivity index (χ1v) is 7.57. The smallest absolute Gasteiger partial charge is 0.289 e. The van der Waals surface area contributed by atoms with Gasteiger partial charge in [0.25, 0.3) is 0 Å². The van der Waals surface area contributed by atoms with Gasteiger partial charge in [-0.25, -0.2) is 9.59 Å². The lowest BCUT2D eigenvalue weighted by Crippen LogP contribution is -2.16. The first kappa shape index (κ1) is 18.6. The van der Waals surface area contributed by atoms with Crippen LogP contribution in [0.4, 0.5) is 0 Å². The van der Waals surface area contributed by atoms with Gasteiger partial charge in [0.15, 0.2) is 0 Å². The van der Waals surface area contributed by atoms with Gasteiger partial charge in [-0.15, -0.1) is 9.78 Å². The highest BCUT2D eigenvalue weighted by Gasteiger charge is 2.20. The van der Waals surface area contributed by atoms with E-state index < -0.39 is 11.9 Å². The van der Waals surface area contributed by atoms with E-state index in [-0.39, 0.29) is 12.7 Å². The molecule has 0 heterocycles. The summed E-state index contributed by atoms with van der Waals surface area (Å²) in [7, 11) is 0. The summed E-state index contributed by atoms with van der Waals surface area (Å²) < 4.78 is 0. The number of hydrogen-bond donors (Lipinski definition) is 0. The molecule has 0 saturated heterocycles. The minimum Gasteiger partial charge on any atom is -0.289 e. The maximum absolute atomic E-state index is 11.9. The highest BCUT2D eigenvalue weighted by molar-refractivity contribution is 5.91. The highest BCUT2D eigenvalue weighted by Crippen LogP contribution is 2.16. The second-order valence-electron chi connectivity index (χ2n) is 5.16. The Hall–Kier alpha value is -2.70. The van der Waals surface area contributed by atoms with E-state index in [1.807, 2.05) is 0 Å². The molecular weight excluding hydrogens is 324 g/mol. The largest absolute Gasteiger partial charge is 0.373 e. The number of rotatable bonds is 7. The minimum atomic E-state index is -0.696. The Kier molecular flexibility index (Phi) is 6.68. The van der Waals surface area contributed by atoms with Crippen molar-refractivity contribution in [2.75, 3.05) is 0 Å². The van der Waals surface area contributed by atoms with Gasteiger partial charge in [-0.3, -0.25) is 9.78 Å². The van der Waals surface area contributed by atoms with Crippen LogP contribution in [0.3, 0.4) is 0 Å². The molecule has 6 nitrogen and oxygen atoms in total. The number of carbonyl (C=O) groups excluding carboxylic acids is 2. The zero-order valence-electron chi connectivity index (χ0n) is 14.0. The van der Waals surface area contributed by atoms with E-state index in [9.17, 15) is 9.59 Å². The summed E-state index contributed by atoms with van der Waals surface area (Å²) in [6, 6.07) is 13.7. The van der Waals surface area contributed by atoms with Gasteiger partial charge in [0.1, 0.15) is 0 Å². The van der Waals surface area contributed by atoms with Gasteiger partial charge in [-0.2, -0.15) is 0 Å². The van der Waals surface area contributed by atoms with Crippen LogP contribution < -0.4 is 0 Å². The van der Waals surface area contributed by atoms with Crippen molar-refractivity contribution in [2.45, 2.75) is 20.3 Å². The maximum Gasteiger partial charge on any atom is 0.373 e. The zero-order chi connectivity index (χ0) is 18.2. The zero-order valence-corrected chi connectivity index (χ0v) is 14.0. The molecule has 0 N–H and O–H groups in total. The van der Waals surface area contributed by atoms with Crippen LogP contribution in [0.25, 0.3) is 0 Å². The summed E-state index contributed by atoms with van der Waals surface area (Å²) in [4.78, 5) is 42.8. The van der Waals surface area contributed by atoms with Crippen molar-refractivity contribution in [1.29, 1.82) is 0 Å². The van der Waals surface area contributed by atoms with Crippen molar-refractivity contribution in [1.82, 2.24) is 0 Å². The van der Waals surface area contributed by atoms with Gasteiger partial charge in [0.05, 0.1) is 11.1 Å². The van der Waals surface area contributed by atoms with Gasteiger partial charge in [0, 0.05) is 6.42 Å². The van der Waals surface area contributed by atoms with E-state index in [4.69, 9.17) is 19.6 Å². The molecule has 2 aromatic rings. The average molecular weight is 342 g/mol. The normalized spacial score (nSPS) is 10.6. The second-order valence-corrected chi connectivity index (χ2v) is 5.16. The Morgan fingerprint density at radius 1 is 0.760 bits per heavy atom. The predicted molar refractivity (Wildman–Crippen MR) is 88.6 cm³/mol. The average Bonchev–Trinajstić information content (AvgIpc) is 2.62. The van der Waals surface area contributed by atoms with E-state index in [2.05, 4.69) is 6.92 Å². The van der Waals surface area contributed by atoms with Gasteiger partial charge in [0.2, 0.25) is 0 Å². The number of carbonyl (C=O) groups is 2. The molecule has 0 bridgehead atoms. The third-order valence-corrected chi connectivity index (χ3v) is 3.35. The molecular formula is C19H18O6. The molecule has 0 unspecified atom stereocenters. The third-order valence-electron chi connectivity index (χ3n) is 3.35. The van der Waals surface area contributed by atoms with Crippen LogP contribution in [0.2, 0.25) is 0 Å². The van der Waals surface area contributed by atoms with Crippen molar-refractivity contribution < 1.29 is 29.1 Å². The van der Waals surface area contributed by atoms with E-state index in [1.165, 1.54) is 0 Å². The summed E-state index contributed by atoms with van der Waals surface area (Å²) in [5.41, 5.74) is 2.17. The van der Waals surface area contributed by atoms with Gasteiger partial charge < -0.3 is 0 Å². The van der Waals surface area contributed by atoms with Crippen molar-refractivity contribution in [3.8, 4) is 0 Å². The van der Waals surface area contributed by atoms with Gasteiger partial charge in [-0.05, 0) is 44.0 Å². The standard InChI is InChI=1S/C19H18O6/c1-4-17(22-24-18(20)15-11-7-5-9-13(15)2)23-25-19(21)16-12-8-6-10-14(16)3/h5-12H,1,4H2,2-3H3. The summed E-state index contributed by atoms with van der Waals surface area (Å²) in [6.07, 6.45) is -0.286. The Labute approximate surface area is 146 Å². The van der Waals surface area contributed by atoms with Crippen LogP contribution in [-0.4, -0.2) is 11.9 Å². The molecule has 2 aromatic carbocycles. The van der Waals surface area contributed by atoms with Crippen molar-refractivity contribution >= 4 is 11.9 Å². The lowest BCUT2D eigenvalue weighted by molar-refractivity contribution is -0.362. The highest BCUT2D eigenvalue weighted by atomic mass is 17.3. The molecule has 0 spiro atoms. The van der Waals surface area contributed by atoms with E-state index in [1.54, 1.807) is 62.4 Å². The lowest BCUT2D eigenvalue weighted by Gasteiger charge is -2.12. The van der Waals surface area contributed by atoms with Crippen LogP contribution >= 0.6 is 0 Å². The predicted octanol–water partition coefficient (Wildman–Crippen LogP) is 3.89. The van der Waals surface area contributed by atoms with Crippen LogP contribution in [0.5, 0.6) is 0 Å².